The fraction of sp³-hybridized carbons (Fsp3) is 0.0833. The van der Waals surface area contributed by atoms with E-state index in [0.717, 1.165) is 5.56 Å². The number of aromatic nitrogens is 2. The minimum absolute atomic E-state index is 0.0990. The summed E-state index contributed by atoms with van der Waals surface area (Å²) < 4.78 is 14.0. The van der Waals surface area contributed by atoms with Crippen molar-refractivity contribution in [2.75, 3.05) is 5.32 Å². The highest BCUT2D eigenvalue weighted by Gasteiger charge is 2.12. The first-order valence-corrected chi connectivity index (χ1v) is 5.91. The number of pyridine rings is 2. The minimum atomic E-state index is -0.795. The van der Waals surface area contributed by atoms with Gasteiger partial charge in [0.2, 0.25) is 5.95 Å². The molecule has 1 N–H and O–H groups in total. The summed E-state index contributed by atoms with van der Waals surface area (Å²) in [6.07, 6.45) is 2.78. The molecule has 0 saturated heterocycles. The minimum Gasteiger partial charge on any atom is -0.320 e. The topological polar surface area (TPSA) is 54.9 Å². The van der Waals surface area contributed by atoms with Crippen LogP contribution in [0.15, 0.2) is 35.2 Å². The summed E-state index contributed by atoms with van der Waals surface area (Å²) in [6.45, 7) is 1.84. The van der Waals surface area contributed by atoms with Gasteiger partial charge in [-0.05, 0) is 46.6 Å². The normalized spacial score (nSPS) is 10.2. The molecular formula is C12H9BrFN3O. The van der Waals surface area contributed by atoms with Gasteiger partial charge in [-0.15, -0.1) is 0 Å². The third-order valence-corrected chi connectivity index (χ3v) is 3.11. The molecule has 4 nitrogen and oxygen atoms in total. The van der Waals surface area contributed by atoms with Gasteiger partial charge in [0.25, 0.3) is 5.91 Å². The van der Waals surface area contributed by atoms with Crippen LogP contribution in [0.1, 0.15) is 15.9 Å². The highest BCUT2D eigenvalue weighted by atomic mass is 79.9. The molecule has 0 atom stereocenters. The second-order valence-corrected chi connectivity index (χ2v) is 4.38. The van der Waals surface area contributed by atoms with E-state index in [1.54, 1.807) is 6.07 Å². The van der Waals surface area contributed by atoms with E-state index < -0.39 is 11.9 Å². The molecule has 0 bridgehead atoms. The molecule has 0 radical (unpaired) electrons. The number of carbonyl (C=O) groups excluding carboxylic acids is 1. The van der Waals surface area contributed by atoms with Crippen LogP contribution in [-0.4, -0.2) is 15.9 Å². The van der Waals surface area contributed by atoms with E-state index in [4.69, 9.17) is 0 Å². The van der Waals surface area contributed by atoms with Crippen LogP contribution in [0.4, 0.5) is 10.1 Å². The van der Waals surface area contributed by atoms with E-state index in [9.17, 15) is 9.18 Å². The van der Waals surface area contributed by atoms with Gasteiger partial charge >= 0.3 is 0 Å². The molecule has 0 spiro atoms. The van der Waals surface area contributed by atoms with Crippen molar-refractivity contribution in [3.05, 3.63) is 52.3 Å². The molecule has 0 unspecified atom stereocenters. The first-order chi connectivity index (χ1) is 8.58. The number of carbonyl (C=O) groups is 1. The van der Waals surface area contributed by atoms with E-state index in [2.05, 4.69) is 31.2 Å². The van der Waals surface area contributed by atoms with E-state index in [0.29, 0.717) is 10.3 Å². The highest BCUT2D eigenvalue weighted by molar-refractivity contribution is 9.10. The van der Waals surface area contributed by atoms with Crippen molar-refractivity contribution in [2.24, 2.45) is 0 Å². The van der Waals surface area contributed by atoms with Crippen LogP contribution in [0.3, 0.4) is 0 Å². The van der Waals surface area contributed by atoms with Crippen molar-refractivity contribution < 1.29 is 9.18 Å². The maximum atomic E-state index is 13.3. The summed E-state index contributed by atoms with van der Waals surface area (Å²) in [7, 11) is 0. The molecule has 92 valence electrons. The Labute approximate surface area is 111 Å². The average Bonchev–Trinajstić information content (AvgIpc) is 2.34. The van der Waals surface area contributed by atoms with E-state index >= 15 is 0 Å². The molecule has 2 aromatic heterocycles. The van der Waals surface area contributed by atoms with Gasteiger partial charge in [-0.2, -0.15) is 4.39 Å². The molecule has 2 rings (SSSR count). The van der Waals surface area contributed by atoms with Crippen LogP contribution >= 0.6 is 15.9 Å². The lowest BCUT2D eigenvalue weighted by Gasteiger charge is -2.06. The monoisotopic (exact) mass is 309 g/mol. The van der Waals surface area contributed by atoms with Gasteiger partial charge in [-0.1, -0.05) is 0 Å². The number of rotatable bonds is 2. The second-order valence-electron chi connectivity index (χ2n) is 3.63. The van der Waals surface area contributed by atoms with E-state index in [-0.39, 0.29) is 5.56 Å². The lowest BCUT2D eigenvalue weighted by atomic mass is 10.2. The summed E-state index contributed by atoms with van der Waals surface area (Å²) in [6, 6.07) is 4.61. The summed E-state index contributed by atoms with van der Waals surface area (Å²) in [5.41, 5.74) is 1.28. The standard InChI is InChI=1S/C12H9BrFN3O/c1-7-5-8(6-16-10(7)13)17-12(18)9-3-2-4-15-11(9)14/h2-6H,1H3,(H,17,18). The van der Waals surface area contributed by atoms with Crippen molar-refractivity contribution in [1.29, 1.82) is 0 Å². The summed E-state index contributed by atoms with van der Waals surface area (Å²) in [4.78, 5) is 19.3. The fourth-order valence-corrected chi connectivity index (χ4v) is 1.60. The van der Waals surface area contributed by atoms with Crippen molar-refractivity contribution >= 4 is 27.5 Å². The van der Waals surface area contributed by atoms with Gasteiger partial charge in [0.1, 0.15) is 4.60 Å². The van der Waals surface area contributed by atoms with Gasteiger partial charge in [0, 0.05) is 6.20 Å². The number of anilines is 1. The largest absolute Gasteiger partial charge is 0.320 e. The van der Waals surface area contributed by atoms with Gasteiger partial charge < -0.3 is 5.32 Å². The zero-order valence-electron chi connectivity index (χ0n) is 9.45. The maximum absolute atomic E-state index is 13.3. The number of halogens is 2. The lowest BCUT2D eigenvalue weighted by molar-refractivity contribution is 0.102. The quantitative estimate of drug-likeness (QED) is 0.868. The van der Waals surface area contributed by atoms with Gasteiger partial charge in [-0.25, -0.2) is 9.97 Å². The number of nitrogens with zero attached hydrogens (tertiary/aromatic N) is 2. The Morgan fingerprint density at radius 1 is 1.44 bits per heavy atom. The molecule has 0 aromatic carbocycles. The first kappa shape index (κ1) is 12.6. The summed E-state index contributed by atoms with van der Waals surface area (Å²) >= 11 is 3.26. The number of amides is 1. The van der Waals surface area contributed by atoms with Gasteiger partial charge in [-0.3, -0.25) is 4.79 Å². The number of aryl methyl sites for hydroxylation is 1. The van der Waals surface area contributed by atoms with Crippen LogP contribution < -0.4 is 5.32 Å². The third kappa shape index (κ3) is 2.70. The molecular weight excluding hydrogens is 301 g/mol. The number of hydrogen-bond donors (Lipinski definition) is 1. The molecule has 0 fully saturated rings. The van der Waals surface area contributed by atoms with Gasteiger partial charge in [0.05, 0.1) is 17.4 Å². The Morgan fingerprint density at radius 2 is 2.22 bits per heavy atom. The zero-order chi connectivity index (χ0) is 13.1. The first-order valence-electron chi connectivity index (χ1n) is 5.12. The molecule has 0 aliphatic rings. The Bertz CT molecular complexity index is 604. The molecule has 0 saturated carbocycles. The SMILES string of the molecule is Cc1cc(NC(=O)c2cccnc2F)cnc1Br. The smallest absolute Gasteiger partial charge is 0.260 e. The Balaban J connectivity index is 2.22. The predicted molar refractivity (Wildman–Crippen MR) is 68.8 cm³/mol. The molecule has 2 heterocycles. The van der Waals surface area contributed by atoms with Crippen molar-refractivity contribution in [2.45, 2.75) is 6.92 Å². The number of nitrogens with one attached hydrogen (secondary N) is 1. The summed E-state index contributed by atoms with van der Waals surface area (Å²) in [5.74, 6) is -1.35. The van der Waals surface area contributed by atoms with Crippen LogP contribution in [0, 0.1) is 12.9 Å². The zero-order valence-corrected chi connectivity index (χ0v) is 11.0. The van der Waals surface area contributed by atoms with Crippen LogP contribution in [0.2, 0.25) is 0 Å². The van der Waals surface area contributed by atoms with Crippen LogP contribution in [-0.2, 0) is 0 Å². The molecule has 1 amide bonds. The number of hydrogen-bond acceptors (Lipinski definition) is 3. The molecule has 2 aromatic rings. The Kier molecular flexibility index (Phi) is 3.66. The van der Waals surface area contributed by atoms with Crippen LogP contribution in [0.5, 0.6) is 0 Å². The molecule has 18 heavy (non-hydrogen) atoms. The third-order valence-electron chi connectivity index (χ3n) is 2.28. The van der Waals surface area contributed by atoms with E-state index in [1.807, 2.05) is 6.92 Å². The average molecular weight is 310 g/mol. The second kappa shape index (κ2) is 5.22. The Morgan fingerprint density at radius 3 is 2.89 bits per heavy atom. The van der Waals surface area contributed by atoms with Crippen molar-refractivity contribution in [3.63, 3.8) is 0 Å². The van der Waals surface area contributed by atoms with Crippen LogP contribution in [0.25, 0.3) is 0 Å². The van der Waals surface area contributed by atoms with Gasteiger partial charge in [0.15, 0.2) is 0 Å². The predicted octanol–water partition coefficient (Wildman–Crippen LogP) is 2.94. The Hall–Kier alpha value is -1.82. The van der Waals surface area contributed by atoms with Crippen molar-refractivity contribution in [1.82, 2.24) is 9.97 Å². The molecule has 0 aliphatic heterocycles. The highest BCUT2D eigenvalue weighted by Crippen LogP contribution is 2.17. The molecule has 6 heteroatoms. The molecule has 0 aliphatic carbocycles. The maximum Gasteiger partial charge on any atom is 0.260 e. The van der Waals surface area contributed by atoms with Crippen molar-refractivity contribution in [3.8, 4) is 0 Å². The fourth-order valence-electron chi connectivity index (χ4n) is 1.38. The lowest BCUT2D eigenvalue weighted by Crippen LogP contribution is -2.14. The summed E-state index contributed by atoms with van der Waals surface area (Å²) in [5, 5.41) is 2.56. The van der Waals surface area contributed by atoms with E-state index in [1.165, 1.54) is 24.5 Å².